The van der Waals surface area contributed by atoms with Gasteiger partial charge in [0.25, 0.3) is 0 Å². The smallest absolute Gasteiger partial charge is 0.407 e. The van der Waals surface area contributed by atoms with Crippen molar-refractivity contribution < 1.29 is 41.6 Å². The Balaban J connectivity index is 1.48. The van der Waals surface area contributed by atoms with Gasteiger partial charge in [0.05, 0.1) is 4.90 Å². The lowest BCUT2D eigenvalue weighted by atomic mass is 9.90. The van der Waals surface area contributed by atoms with Crippen molar-refractivity contribution in [2.45, 2.75) is 31.6 Å². The molecule has 4 rings (SSSR count). The summed E-state index contributed by atoms with van der Waals surface area (Å²) in [5, 5.41) is 6.42. The predicted octanol–water partition coefficient (Wildman–Crippen LogP) is 4.25. The number of carbonyl (C=O) groups excluding carboxylic acids is 3. The molecule has 0 aromatic heterocycles. The quantitative estimate of drug-likeness (QED) is 0.0761. The van der Waals surface area contributed by atoms with Gasteiger partial charge in [-0.1, -0.05) is 24.8 Å². The van der Waals surface area contributed by atoms with Crippen LogP contribution in [0.15, 0.2) is 53.9 Å². The maximum absolute atomic E-state index is 12.6. The number of alkyl carbamates (subject to hydrolysis) is 1. The van der Waals surface area contributed by atoms with Crippen LogP contribution < -0.4 is 10.1 Å². The molecule has 11 heteroatoms. The van der Waals surface area contributed by atoms with Crippen molar-refractivity contribution >= 4 is 60.5 Å². The van der Waals surface area contributed by atoms with Crippen LogP contribution in [0.2, 0.25) is 0 Å². The molecule has 4 aromatic carbocycles. The molecule has 0 aliphatic heterocycles. The zero-order valence-electron chi connectivity index (χ0n) is 21.4. The SMILES string of the molecule is C=CC(=O)OCCOC(=O)NCCCC(=O)Oc1cc(C)c2ccc3c(C)cc(S(=O)(=O)[O-])c4ccc1c2c34. The number of carbonyl (C=O) groups is 3. The molecule has 204 valence electrons. The fourth-order valence-electron chi connectivity index (χ4n) is 4.54. The third kappa shape index (κ3) is 5.94. The first-order chi connectivity index (χ1) is 18.5. The summed E-state index contributed by atoms with van der Waals surface area (Å²) < 4.78 is 51.2. The fraction of sp³-hybridized carbons (Fsp3) is 0.250. The van der Waals surface area contributed by atoms with Crippen molar-refractivity contribution in [3.05, 3.63) is 60.2 Å². The third-order valence-corrected chi connectivity index (χ3v) is 7.16. The zero-order valence-corrected chi connectivity index (χ0v) is 22.2. The number of esters is 2. The molecule has 1 N–H and O–H groups in total. The second-order valence-electron chi connectivity index (χ2n) is 8.92. The first-order valence-electron chi connectivity index (χ1n) is 12.1. The van der Waals surface area contributed by atoms with E-state index < -0.39 is 28.1 Å². The lowest BCUT2D eigenvalue weighted by Crippen LogP contribution is -2.27. The standard InChI is InChI=1S/C28H27NO9S/c1-4-24(30)36-12-13-37-28(32)29-11-5-6-25(31)38-22-14-16(2)18-7-8-19-17(3)15-23(39(33,34)35)21-10-9-20(22)26(18)27(19)21/h4,7-10,14-15H,1,5-6,11-13H2,2-3H3,(H,29,32)(H,33,34,35)/p-1. The number of amides is 1. The van der Waals surface area contributed by atoms with Crippen LogP contribution in [-0.2, 0) is 29.2 Å². The maximum Gasteiger partial charge on any atom is 0.407 e. The normalized spacial score (nSPS) is 11.6. The van der Waals surface area contributed by atoms with E-state index in [9.17, 15) is 27.4 Å². The van der Waals surface area contributed by atoms with Crippen molar-refractivity contribution in [3.63, 3.8) is 0 Å². The molecule has 0 bridgehead atoms. The first-order valence-corrected chi connectivity index (χ1v) is 13.5. The highest BCUT2D eigenvalue weighted by atomic mass is 32.2. The van der Waals surface area contributed by atoms with E-state index in [1.807, 2.05) is 19.1 Å². The molecule has 0 saturated carbocycles. The summed E-state index contributed by atoms with van der Waals surface area (Å²) in [5.41, 5.74) is 1.46. The number of ether oxygens (including phenoxy) is 3. The number of rotatable bonds is 10. The Bertz CT molecular complexity index is 1710. The summed E-state index contributed by atoms with van der Waals surface area (Å²) in [6.07, 6.45) is 0.584. The molecule has 0 saturated heterocycles. The average molecular weight is 553 g/mol. The molecule has 0 aliphatic rings. The third-order valence-electron chi connectivity index (χ3n) is 6.28. The van der Waals surface area contributed by atoms with Gasteiger partial charge in [-0.2, -0.15) is 0 Å². The number of benzene rings is 4. The van der Waals surface area contributed by atoms with Crippen molar-refractivity contribution in [2.75, 3.05) is 19.8 Å². The molecule has 0 atom stereocenters. The van der Waals surface area contributed by atoms with Gasteiger partial charge >= 0.3 is 18.0 Å². The summed E-state index contributed by atoms with van der Waals surface area (Å²) in [7, 11) is -4.72. The van der Waals surface area contributed by atoms with Crippen LogP contribution in [0, 0.1) is 13.8 Å². The van der Waals surface area contributed by atoms with Gasteiger partial charge in [-0.05, 0) is 65.8 Å². The van der Waals surface area contributed by atoms with Gasteiger partial charge in [0.1, 0.15) is 29.1 Å². The molecule has 4 aromatic rings. The van der Waals surface area contributed by atoms with Gasteiger partial charge in [-0.25, -0.2) is 18.0 Å². The lowest BCUT2D eigenvalue weighted by molar-refractivity contribution is -0.138. The minimum atomic E-state index is -4.72. The van der Waals surface area contributed by atoms with E-state index in [2.05, 4.69) is 11.9 Å². The Morgan fingerprint density at radius 3 is 2.18 bits per heavy atom. The molecule has 0 aliphatic carbocycles. The zero-order chi connectivity index (χ0) is 28.3. The summed E-state index contributed by atoms with van der Waals surface area (Å²) in [6, 6.07) is 10.2. The second kappa shape index (κ2) is 11.3. The first kappa shape index (κ1) is 27.8. The fourth-order valence-corrected chi connectivity index (χ4v) is 5.30. The highest BCUT2D eigenvalue weighted by Gasteiger charge is 2.20. The number of nitrogens with one attached hydrogen (secondary N) is 1. The van der Waals surface area contributed by atoms with E-state index in [1.54, 1.807) is 25.1 Å². The molecule has 0 radical (unpaired) electrons. The molecular formula is C28H26NO9S-. The van der Waals surface area contributed by atoms with Crippen LogP contribution in [0.25, 0.3) is 32.3 Å². The Morgan fingerprint density at radius 1 is 0.923 bits per heavy atom. The van der Waals surface area contributed by atoms with Crippen LogP contribution in [-0.4, -0.2) is 50.8 Å². The minimum absolute atomic E-state index is 0.00986. The summed E-state index contributed by atoms with van der Waals surface area (Å²) in [4.78, 5) is 35.0. The Labute approximate surface area is 224 Å². The summed E-state index contributed by atoms with van der Waals surface area (Å²) >= 11 is 0. The van der Waals surface area contributed by atoms with Crippen molar-refractivity contribution in [2.24, 2.45) is 0 Å². The van der Waals surface area contributed by atoms with Gasteiger partial charge in [0.15, 0.2) is 0 Å². The largest absolute Gasteiger partial charge is 0.744 e. The second-order valence-corrected chi connectivity index (χ2v) is 10.3. The molecule has 0 spiro atoms. The molecule has 10 nitrogen and oxygen atoms in total. The van der Waals surface area contributed by atoms with E-state index in [1.165, 1.54) is 6.07 Å². The summed E-state index contributed by atoms with van der Waals surface area (Å²) in [6.45, 7) is 6.79. The van der Waals surface area contributed by atoms with E-state index in [-0.39, 0.29) is 37.5 Å². The molecule has 0 heterocycles. The molecular weight excluding hydrogens is 526 g/mol. The van der Waals surface area contributed by atoms with Crippen LogP contribution in [0.1, 0.15) is 24.0 Å². The highest BCUT2D eigenvalue weighted by molar-refractivity contribution is 7.86. The van der Waals surface area contributed by atoms with Crippen LogP contribution in [0.3, 0.4) is 0 Å². The Kier molecular flexibility index (Phi) is 8.03. The highest BCUT2D eigenvalue weighted by Crippen LogP contribution is 2.43. The van der Waals surface area contributed by atoms with E-state index in [0.29, 0.717) is 32.9 Å². The van der Waals surface area contributed by atoms with Crippen LogP contribution in [0.5, 0.6) is 5.75 Å². The number of aryl methyl sites for hydroxylation is 2. The molecule has 1 amide bonds. The Hall–Kier alpha value is -4.22. The van der Waals surface area contributed by atoms with E-state index in [4.69, 9.17) is 14.2 Å². The van der Waals surface area contributed by atoms with Crippen LogP contribution in [0.4, 0.5) is 4.79 Å². The van der Waals surface area contributed by atoms with E-state index >= 15 is 0 Å². The van der Waals surface area contributed by atoms with Crippen molar-refractivity contribution in [3.8, 4) is 5.75 Å². The number of hydrogen-bond acceptors (Lipinski definition) is 9. The van der Waals surface area contributed by atoms with Gasteiger partial charge in [-0.3, -0.25) is 4.79 Å². The predicted molar refractivity (Wildman–Crippen MR) is 143 cm³/mol. The van der Waals surface area contributed by atoms with Gasteiger partial charge in [0, 0.05) is 35.2 Å². The Morgan fingerprint density at radius 2 is 1.51 bits per heavy atom. The van der Waals surface area contributed by atoms with Crippen molar-refractivity contribution in [1.29, 1.82) is 0 Å². The van der Waals surface area contributed by atoms with Crippen LogP contribution >= 0.6 is 0 Å². The van der Waals surface area contributed by atoms with Gasteiger partial charge < -0.3 is 24.1 Å². The monoisotopic (exact) mass is 552 g/mol. The molecule has 0 fully saturated rings. The number of hydrogen-bond donors (Lipinski definition) is 1. The van der Waals surface area contributed by atoms with E-state index in [0.717, 1.165) is 22.4 Å². The minimum Gasteiger partial charge on any atom is -0.744 e. The van der Waals surface area contributed by atoms with Gasteiger partial charge in [-0.15, -0.1) is 0 Å². The summed E-state index contributed by atoms with van der Waals surface area (Å²) in [5.74, 6) is -0.823. The molecule has 0 unspecified atom stereocenters. The maximum atomic E-state index is 12.6. The lowest BCUT2D eigenvalue weighted by Gasteiger charge is -2.19. The average Bonchev–Trinajstić information content (AvgIpc) is 2.89. The topological polar surface area (TPSA) is 148 Å². The van der Waals surface area contributed by atoms with Gasteiger partial charge in [0.2, 0.25) is 0 Å². The molecule has 39 heavy (non-hydrogen) atoms. The van der Waals surface area contributed by atoms with Crippen molar-refractivity contribution in [1.82, 2.24) is 5.32 Å².